The molecule has 0 fully saturated rings. The van der Waals surface area contributed by atoms with Crippen LogP contribution in [0.2, 0.25) is 0 Å². The standard InChI is InChI=1S/C13H20N2O2S/c1-10(2)9-18(16,17)15-7-6-11-4-3-5-13(14)12(11)8-15/h3-5,10H,6-9,14H2,1-2H3. The van der Waals surface area contributed by atoms with Crippen molar-refractivity contribution in [3.05, 3.63) is 29.3 Å². The summed E-state index contributed by atoms with van der Waals surface area (Å²) >= 11 is 0. The maximum atomic E-state index is 12.2. The Morgan fingerprint density at radius 2 is 2.11 bits per heavy atom. The van der Waals surface area contributed by atoms with Gasteiger partial charge in [0.25, 0.3) is 0 Å². The van der Waals surface area contributed by atoms with Gasteiger partial charge in [0.2, 0.25) is 10.0 Å². The summed E-state index contributed by atoms with van der Waals surface area (Å²) in [7, 11) is -3.16. The van der Waals surface area contributed by atoms with Crippen molar-refractivity contribution in [2.45, 2.75) is 26.8 Å². The maximum absolute atomic E-state index is 12.2. The van der Waals surface area contributed by atoms with Crippen LogP contribution in [0.5, 0.6) is 0 Å². The number of hydrogen-bond acceptors (Lipinski definition) is 3. The van der Waals surface area contributed by atoms with E-state index in [1.165, 1.54) is 5.56 Å². The Labute approximate surface area is 109 Å². The van der Waals surface area contributed by atoms with Crippen LogP contribution >= 0.6 is 0 Å². The van der Waals surface area contributed by atoms with Gasteiger partial charge < -0.3 is 5.73 Å². The molecule has 100 valence electrons. The Bertz CT molecular complexity index is 538. The highest BCUT2D eigenvalue weighted by Crippen LogP contribution is 2.26. The number of fused-ring (bicyclic) bond motifs is 1. The number of rotatable bonds is 3. The van der Waals surface area contributed by atoms with Gasteiger partial charge >= 0.3 is 0 Å². The molecule has 0 spiro atoms. The van der Waals surface area contributed by atoms with E-state index in [-0.39, 0.29) is 11.7 Å². The lowest BCUT2D eigenvalue weighted by molar-refractivity contribution is 0.388. The highest BCUT2D eigenvalue weighted by atomic mass is 32.2. The molecular formula is C13H20N2O2S. The number of nitrogen functional groups attached to an aromatic ring is 1. The Morgan fingerprint density at radius 3 is 2.78 bits per heavy atom. The highest BCUT2D eigenvalue weighted by Gasteiger charge is 2.27. The third-order valence-electron chi connectivity index (χ3n) is 3.21. The number of benzene rings is 1. The van der Waals surface area contributed by atoms with Gasteiger partial charge in [-0.3, -0.25) is 0 Å². The number of nitrogens with two attached hydrogens (primary N) is 1. The summed E-state index contributed by atoms with van der Waals surface area (Å²) in [6.07, 6.45) is 0.748. The van der Waals surface area contributed by atoms with Gasteiger partial charge in [-0.1, -0.05) is 26.0 Å². The molecule has 0 saturated heterocycles. The molecule has 4 nitrogen and oxygen atoms in total. The zero-order valence-corrected chi connectivity index (χ0v) is 11.7. The topological polar surface area (TPSA) is 63.4 Å². The van der Waals surface area contributed by atoms with Crippen LogP contribution in [0.4, 0.5) is 5.69 Å². The summed E-state index contributed by atoms with van der Waals surface area (Å²) in [5.41, 5.74) is 8.76. The first-order valence-electron chi connectivity index (χ1n) is 6.24. The Kier molecular flexibility index (Phi) is 3.64. The number of anilines is 1. The van der Waals surface area contributed by atoms with E-state index >= 15 is 0 Å². The van der Waals surface area contributed by atoms with Crippen LogP contribution in [-0.4, -0.2) is 25.0 Å². The second kappa shape index (κ2) is 4.90. The van der Waals surface area contributed by atoms with E-state index in [0.717, 1.165) is 12.0 Å². The average Bonchev–Trinajstić information content (AvgIpc) is 2.27. The summed E-state index contributed by atoms with van der Waals surface area (Å²) in [4.78, 5) is 0. The minimum Gasteiger partial charge on any atom is -0.398 e. The van der Waals surface area contributed by atoms with Crippen LogP contribution in [-0.2, 0) is 23.0 Å². The Morgan fingerprint density at radius 1 is 1.39 bits per heavy atom. The van der Waals surface area contributed by atoms with Crippen molar-refractivity contribution in [2.24, 2.45) is 5.92 Å². The molecule has 2 rings (SSSR count). The van der Waals surface area contributed by atoms with E-state index in [1.54, 1.807) is 4.31 Å². The summed E-state index contributed by atoms with van der Waals surface area (Å²) < 4.78 is 26.0. The van der Waals surface area contributed by atoms with E-state index in [2.05, 4.69) is 0 Å². The lowest BCUT2D eigenvalue weighted by Gasteiger charge is -2.29. The van der Waals surface area contributed by atoms with Gasteiger partial charge in [-0.15, -0.1) is 0 Å². The van der Waals surface area contributed by atoms with E-state index in [4.69, 9.17) is 5.73 Å². The van der Waals surface area contributed by atoms with Gasteiger partial charge in [0, 0.05) is 18.8 Å². The van der Waals surface area contributed by atoms with Crippen LogP contribution in [0.3, 0.4) is 0 Å². The largest absolute Gasteiger partial charge is 0.398 e. The minimum absolute atomic E-state index is 0.143. The molecule has 0 bridgehead atoms. The first-order chi connectivity index (χ1) is 8.40. The second-order valence-corrected chi connectivity index (χ2v) is 7.25. The fraction of sp³-hybridized carbons (Fsp3) is 0.538. The number of hydrogen-bond donors (Lipinski definition) is 1. The van der Waals surface area contributed by atoms with Crippen molar-refractivity contribution in [3.8, 4) is 0 Å². The summed E-state index contributed by atoms with van der Waals surface area (Å²) in [5.74, 6) is 0.347. The molecule has 0 aliphatic carbocycles. The molecule has 1 aliphatic rings. The van der Waals surface area contributed by atoms with Crippen LogP contribution in [0, 0.1) is 5.92 Å². The predicted octanol–water partition coefficient (Wildman–Crippen LogP) is 1.61. The van der Waals surface area contributed by atoms with Crippen LogP contribution in [0.1, 0.15) is 25.0 Å². The number of nitrogens with zero attached hydrogens (tertiary/aromatic N) is 1. The monoisotopic (exact) mass is 268 g/mol. The summed E-state index contributed by atoms with van der Waals surface area (Å²) in [5, 5.41) is 0. The first kappa shape index (κ1) is 13.4. The lowest BCUT2D eigenvalue weighted by atomic mass is 10.00. The van der Waals surface area contributed by atoms with Gasteiger partial charge in [0.1, 0.15) is 0 Å². The van der Waals surface area contributed by atoms with Crippen molar-refractivity contribution >= 4 is 15.7 Å². The molecule has 1 aromatic rings. The molecule has 0 amide bonds. The minimum atomic E-state index is -3.16. The highest BCUT2D eigenvalue weighted by molar-refractivity contribution is 7.89. The van der Waals surface area contributed by atoms with E-state index in [0.29, 0.717) is 18.8 Å². The lowest BCUT2D eigenvalue weighted by Crippen LogP contribution is -2.38. The fourth-order valence-electron chi connectivity index (χ4n) is 2.35. The van der Waals surface area contributed by atoms with Crippen molar-refractivity contribution < 1.29 is 8.42 Å². The van der Waals surface area contributed by atoms with Gasteiger partial charge in [0.05, 0.1) is 5.75 Å². The molecule has 1 aliphatic heterocycles. The maximum Gasteiger partial charge on any atom is 0.214 e. The van der Waals surface area contributed by atoms with Crippen LogP contribution < -0.4 is 5.73 Å². The molecule has 18 heavy (non-hydrogen) atoms. The summed E-state index contributed by atoms with van der Waals surface area (Å²) in [6.45, 7) is 4.82. The van der Waals surface area contributed by atoms with Crippen molar-refractivity contribution in [2.75, 3.05) is 18.0 Å². The summed E-state index contributed by atoms with van der Waals surface area (Å²) in [6, 6.07) is 5.78. The molecule has 0 unspecified atom stereocenters. The van der Waals surface area contributed by atoms with Gasteiger partial charge in [0.15, 0.2) is 0 Å². The van der Waals surface area contributed by atoms with E-state index in [9.17, 15) is 8.42 Å². The zero-order valence-electron chi connectivity index (χ0n) is 10.9. The molecule has 1 aromatic carbocycles. The molecule has 0 saturated carbocycles. The van der Waals surface area contributed by atoms with Crippen molar-refractivity contribution in [1.82, 2.24) is 4.31 Å². The first-order valence-corrected chi connectivity index (χ1v) is 7.85. The fourth-order valence-corrected chi connectivity index (χ4v) is 4.09. The van der Waals surface area contributed by atoms with Crippen molar-refractivity contribution in [1.29, 1.82) is 0 Å². The van der Waals surface area contributed by atoms with E-state index < -0.39 is 10.0 Å². The Hall–Kier alpha value is -1.07. The number of sulfonamides is 1. The third-order valence-corrected chi connectivity index (χ3v) is 5.40. The smallest absolute Gasteiger partial charge is 0.214 e. The molecule has 0 radical (unpaired) electrons. The van der Waals surface area contributed by atoms with Gasteiger partial charge in [-0.25, -0.2) is 8.42 Å². The SMILES string of the molecule is CC(C)CS(=O)(=O)N1CCc2cccc(N)c2C1. The quantitative estimate of drug-likeness (QED) is 0.847. The van der Waals surface area contributed by atoms with Crippen LogP contribution in [0.15, 0.2) is 18.2 Å². The molecular weight excluding hydrogens is 248 g/mol. The molecule has 0 aromatic heterocycles. The molecule has 0 atom stereocenters. The molecule has 2 N–H and O–H groups in total. The average molecular weight is 268 g/mol. The van der Waals surface area contributed by atoms with Crippen molar-refractivity contribution in [3.63, 3.8) is 0 Å². The molecule has 1 heterocycles. The van der Waals surface area contributed by atoms with Gasteiger partial charge in [-0.05, 0) is 29.5 Å². The van der Waals surface area contributed by atoms with E-state index in [1.807, 2.05) is 32.0 Å². The normalized spacial score (nSPS) is 16.8. The third kappa shape index (κ3) is 2.67. The van der Waals surface area contributed by atoms with Gasteiger partial charge in [-0.2, -0.15) is 4.31 Å². The predicted molar refractivity (Wildman–Crippen MR) is 73.6 cm³/mol. The Balaban J connectivity index is 2.24. The zero-order chi connectivity index (χ0) is 13.3. The molecule has 5 heteroatoms. The van der Waals surface area contributed by atoms with Crippen LogP contribution in [0.25, 0.3) is 0 Å². The second-order valence-electron chi connectivity index (χ2n) is 5.24.